The van der Waals surface area contributed by atoms with Crippen LogP contribution in [0.2, 0.25) is 0 Å². The van der Waals surface area contributed by atoms with Crippen molar-refractivity contribution in [3.8, 4) is 0 Å². The number of carbonyl (C=O) groups is 1. The Morgan fingerprint density at radius 1 is 1.36 bits per heavy atom. The monoisotopic (exact) mass is 361 g/mol. The third kappa shape index (κ3) is 4.45. The van der Waals surface area contributed by atoms with E-state index in [1.807, 2.05) is 19.2 Å². The summed E-state index contributed by atoms with van der Waals surface area (Å²) in [6.45, 7) is 6.09. The van der Waals surface area contributed by atoms with E-state index in [0.29, 0.717) is 30.7 Å². The fourth-order valence-corrected chi connectivity index (χ4v) is 3.46. The van der Waals surface area contributed by atoms with Crippen molar-refractivity contribution in [3.05, 3.63) is 40.0 Å². The van der Waals surface area contributed by atoms with E-state index >= 15 is 0 Å². The summed E-state index contributed by atoms with van der Waals surface area (Å²) >= 11 is 1.41. The van der Waals surface area contributed by atoms with Gasteiger partial charge in [-0.3, -0.25) is 14.7 Å². The second-order valence-corrected chi connectivity index (χ2v) is 7.55. The van der Waals surface area contributed by atoms with Crippen LogP contribution in [0.15, 0.2) is 28.8 Å². The van der Waals surface area contributed by atoms with E-state index in [1.54, 1.807) is 28.1 Å². The average Bonchev–Trinajstić information content (AvgIpc) is 3.10. The zero-order valence-electron chi connectivity index (χ0n) is 14.5. The SMILES string of the molecule is CC(C)c1cc(=O)n(CC2CCN(C(=O)Nc3nccs3)CC2)cn1. The Labute approximate surface area is 150 Å². The van der Waals surface area contributed by atoms with Gasteiger partial charge in [0.25, 0.3) is 5.56 Å². The van der Waals surface area contributed by atoms with Gasteiger partial charge in [0, 0.05) is 37.3 Å². The normalized spacial score (nSPS) is 15.6. The van der Waals surface area contributed by atoms with E-state index < -0.39 is 0 Å². The summed E-state index contributed by atoms with van der Waals surface area (Å²) in [5.74, 6) is 0.634. The molecule has 7 nitrogen and oxygen atoms in total. The van der Waals surface area contributed by atoms with E-state index in [1.165, 1.54) is 11.3 Å². The van der Waals surface area contributed by atoms with Crippen molar-refractivity contribution in [2.75, 3.05) is 18.4 Å². The molecule has 3 heterocycles. The van der Waals surface area contributed by atoms with Gasteiger partial charge in [-0.05, 0) is 24.7 Å². The van der Waals surface area contributed by atoms with Gasteiger partial charge in [-0.25, -0.2) is 14.8 Å². The molecule has 0 aliphatic carbocycles. The first-order chi connectivity index (χ1) is 12.0. The van der Waals surface area contributed by atoms with Crippen LogP contribution >= 0.6 is 11.3 Å². The quantitative estimate of drug-likeness (QED) is 0.908. The van der Waals surface area contributed by atoms with Crippen molar-refractivity contribution < 1.29 is 4.79 Å². The molecule has 2 aromatic heterocycles. The average molecular weight is 361 g/mol. The molecule has 0 radical (unpaired) electrons. The van der Waals surface area contributed by atoms with Crippen LogP contribution in [0.4, 0.5) is 9.93 Å². The van der Waals surface area contributed by atoms with Gasteiger partial charge in [0.1, 0.15) is 0 Å². The van der Waals surface area contributed by atoms with Crippen molar-refractivity contribution in [1.29, 1.82) is 0 Å². The van der Waals surface area contributed by atoms with Crippen LogP contribution in [0.5, 0.6) is 0 Å². The highest BCUT2D eigenvalue weighted by atomic mass is 32.1. The number of nitrogens with zero attached hydrogens (tertiary/aromatic N) is 4. The first kappa shape index (κ1) is 17.6. The predicted octanol–water partition coefficient (Wildman–Crippen LogP) is 2.77. The number of hydrogen-bond acceptors (Lipinski definition) is 5. The molecular formula is C17H23N5O2S. The smallest absolute Gasteiger partial charge is 0.323 e. The van der Waals surface area contributed by atoms with Gasteiger partial charge < -0.3 is 4.90 Å². The number of anilines is 1. The molecule has 0 bridgehead atoms. The molecule has 25 heavy (non-hydrogen) atoms. The van der Waals surface area contributed by atoms with Gasteiger partial charge >= 0.3 is 6.03 Å². The number of amides is 2. The number of urea groups is 1. The first-order valence-corrected chi connectivity index (χ1v) is 9.42. The molecule has 0 saturated carbocycles. The van der Waals surface area contributed by atoms with Crippen LogP contribution in [-0.4, -0.2) is 38.6 Å². The number of nitrogens with one attached hydrogen (secondary N) is 1. The highest BCUT2D eigenvalue weighted by Crippen LogP contribution is 2.20. The molecule has 0 atom stereocenters. The maximum atomic E-state index is 12.2. The van der Waals surface area contributed by atoms with Gasteiger partial charge in [0.15, 0.2) is 5.13 Å². The minimum absolute atomic E-state index is 0.00245. The highest BCUT2D eigenvalue weighted by molar-refractivity contribution is 7.13. The van der Waals surface area contributed by atoms with Crippen molar-refractivity contribution in [1.82, 2.24) is 19.4 Å². The summed E-state index contributed by atoms with van der Waals surface area (Å²) in [5, 5.41) is 5.26. The summed E-state index contributed by atoms with van der Waals surface area (Å²) in [5.41, 5.74) is 0.831. The Morgan fingerprint density at radius 2 is 2.12 bits per heavy atom. The molecule has 0 aromatic carbocycles. The van der Waals surface area contributed by atoms with Crippen LogP contribution in [0.25, 0.3) is 0 Å². The lowest BCUT2D eigenvalue weighted by Crippen LogP contribution is -2.42. The van der Waals surface area contributed by atoms with Gasteiger partial charge in [-0.1, -0.05) is 13.8 Å². The lowest BCUT2D eigenvalue weighted by Gasteiger charge is -2.31. The third-order valence-electron chi connectivity index (χ3n) is 4.49. The minimum Gasteiger partial charge on any atom is -0.324 e. The fraction of sp³-hybridized carbons (Fsp3) is 0.529. The van der Waals surface area contributed by atoms with Gasteiger partial charge in [-0.15, -0.1) is 11.3 Å². The molecule has 0 unspecified atom stereocenters. The highest BCUT2D eigenvalue weighted by Gasteiger charge is 2.23. The Morgan fingerprint density at radius 3 is 2.72 bits per heavy atom. The standard InChI is InChI=1S/C17H23N5O2S/c1-12(2)14-9-15(23)22(11-19-14)10-13-3-6-21(7-4-13)17(24)20-16-18-5-8-25-16/h5,8-9,11-13H,3-4,6-7,10H2,1-2H3,(H,18,20,24). The predicted molar refractivity (Wildman–Crippen MR) is 98.0 cm³/mol. The second-order valence-electron chi connectivity index (χ2n) is 6.66. The third-order valence-corrected chi connectivity index (χ3v) is 5.18. The van der Waals surface area contributed by atoms with E-state index in [9.17, 15) is 9.59 Å². The number of likely N-dealkylation sites (tertiary alicyclic amines) is 1. The first-order valence-electron chi connectivity index (χ1n) is 8.54. The number of thiazole rings is 1. The summed E-state index contributed by atoms with van der Waals surface area (Å²) in [6.07, 6.45) is 5.08. The molecular weight excluding hydrogens is 338 g/mol. The molecule has 8 heteroatoms. The van der Waals surface area contributed by atoms with E-state index in [4.69, 9.17) is 0 Å². The summed E-state index contributed by atoms with van der Waals surface area (Å²) in [6, 6.07) is 1.52. The van der Waals surface area contributed by atoms with E-state index in [-0.39, 0.29) is 17.5 Å². The number of aromatic nitrogens is 3. The van der Waals surface area contributed by atoms with E-state index in [2.05, 4.69) is 15.3 Å². The topological polar surface area (TPSA) is 80.1 Å². The maximum Gasteiger partial charge on any atom is 0.323 e. The van der Waals surface area contributed by atoms with Crippen LogP contribution in [0.1, 0.15) is 38.3 Å². The summed E-state index contributed by atoms with van der Waals surface area (Å²) < 4.78 is 1.68. The zero-order chi connectivity index (χ0) is 17.8. The summed E-state index contributed by atoms with van der Waals surface area (Å²) in [7, 11) is 0. The van der Waals surface area contributed by atoms with Crippen molar-refractivity contribution in [3.63, 3.8) is 0 Å². The number of piperidine rings is 1. The lowest BCUT2D eigenvalue weighted by molar-refractivity contribution is 0.176. The number of rotatable bonds is 4. The van der Waals surface area contributed by atoms with Crippen LogP contribution in [0.3, 0.4) is 0 Å². The molecule has 3 rings (SSSR count). The van der Waals surface area contributed by atoms with Crippen LogP contribution in [-0.2, 0) is 6.54 Å². The number of hydrogen-bond donors (Lipinski definition) is 1. The lowest BCUT2D eigenvalue weighted by atomic mass is 9.97. The van der Waals surface area contributed by atoms with Crippen molar-refractivity contribution in [2.24, 2.45) is 5.92 Å². The van der Waals surface area contributed by atoms with Crippen molar-refractivity contribution in [2.45, 2.75) is 39.2 Å². The molecule has 134 valence electrons. The Balaban J connectivity index is 1.52. The largest absolute Gasteiger partial charge is 0.324 e. The van der Waals surface area contributed by atoms with Crippen LogP contribution in [0, 0.1) is 5.92 Å². The fourth-order valence-electron chi connectivity index (χ4n) is 2.95. The second kappa shape index (κ2) is 7.77. The molecule has 1 aliphatic rings. The Hall–Kier alpha value is -2.22. The van der Waals surface area contributed by atoms with Crippen molar-refractivity contribution >= 4 is 22.5 Å². The van der Waals surface area contributed by atoms with Gasteiger partial charge in [-0.2, -0.15) is 0 Å². The molecule has 2 aromatic rings. The molecule has 2 amide bonds. The molecule has 1 saturated heterocycles. The molecule has 1 fully saturated rings. The summed E-state index contributed by atoms with van der Waals surface area (Å²) in [4.78, 5) is 34.7. The van der Waals surface area contributed by atoms with Crippen LogP contribution < -0.4 is 10.9 Å². The van der Waals surface area contributed by atoms with E-state index in [0.717, 1.165) is 18.5 Å². The van der Waals surface area contributed by atoms with Gasteiger partial charge in [0.2, 0.25) is 0 Å². The number of carbonyl (C=O) groups excluding carboxylic acids is 1. The Bertz CT molecular complexity index is 764. The van der Waals surface area contributed by atoms with Gasteiger partial charge in [0.05, 0.1) is 12.0 Å². The Kier molecular flexibility index (Phi) is 5.47. The molecule has 1 N–H and O–H groups in total. The minimum atomic E-state index is -0.103. The molecule has 0 spiro atoms. The maximum absolute atomic E-state index is 12.2. The zero-order valence-corrected chi connectivity index (χ0v) is 15.3. The molecule has 1 aliphatic heterocycles.